The van der Waals surface area contributed by atoms with Crippen LogP contribution in [0.15, 0.2) is 140 Å². The van der Waals surface area contributed by atoms with E-state index in [1.165, 1.54) is 5.56 Å². The topological polar surface area (TPSA) is 49.2 Å². The van der Waals surface area contributed by atoms with Crippen molar-refractivity contribution >= 4 is 17.2 Å². The number of anilines is 3. The minimum Gasteiger partial charge on any atom is -0.507 e. The molecule has 0 spiro atoms. The Kier molecular flexibility index (Phi) is 8.66. The van der Waals surface area contributed by atoms with Gasteiger partial charge in [0.1, 0.15) is 11.6 Å². The van der Waals surface area contributed by atoms with Gasteiger partial charge in [-0.2, -0.15) is 0 Å². The van der Waals surface area contributed by atoms with Crippen molar-refractivity contribution in [3.63, 3.8) is 0 Å². The second-order valence-corrected chi connectivity index (χ2v) is 10.4. The number of pyridine rings is 2. The molecule has 2 heterocycles. The number of nitrogens with zero attached hydrogens (tertiary/aromatic N) is 3. The van der Waals surface area contributed by atoms with Crippen molar-refractivity contribution in [3.8, 4) is 28.3 Å². The Bertz CT molecular complexity index is 1730. The van der Waals surface area contributed by atoms with E-state index in [1.807, 2.05) is 78.9 Å². The Morgan fingerprint density at radius 3 is 2.05 bits per heavy atom. The monoisotopic (exact) mass is 727 g/mol. The van der Waals surface area contributed by atoms with E-state index in [9.17, 15) is 5.11 Å². The summed E-state index contributed by atoms with van der Waals surface area (Å²) in [4.78, 5) is 11.8. The van der Waals surface area contributed by atoms with E-state index in [0.717, 1.165) is 34.0 Å². The van der Waals surface area contributed by atoms with Crippen molar-refractivity contribution in [2.45, 2.75) is 19.3 Å². The van der Waals surface area contributed by atoms with Crippen LogP contribution in [0.4, 0.5) is 17.2 Å². The SMILES string of the molecule is CC(C)(c1ccccc1)c1ccc(N(c2ccccc2)c2ccccn2)[c-]c1-c1cccc(-c2ccccc2O)n1.[Pt]. The third kappa shape index (κ3) is 5.77. The minimum absolute atomic E-state index is 0. The maximum atomic E-state index is 10.6. The van der Waals surface area contributed by atoms with Gasteiger partial charge in [-0.05, 0) is 64.8 Å². The van der Waals surface area contributed by atoms with Gasteiger partial charge < -0.3 is 10.0 Å². The van der Waals surface area contributed by atoms with Crippen LogP contribution >= 0.6 is 0 Å². The summed E-state index contributed by atoms with van der Waals surface area (Å²) < 4.78 is 0. The molecule has 1 N–H and O–H groups in total. The first-order chi connectivity index (χ1) is 20.0. The Hall–Kier alpha value is -4.53. The van der Waals surface area contributed by atoms with Crippen LogP contribution in [0.2, 0.25) is 0 Å². The first kappa shape index (κ1) is 29.0. The van der Waals surface area contributed by atoms with E-state index < -0.39 is 0 Å². The molecule has 4 nitrogen and oxygen atoms in total. The van der Waals surface area contributed by atoms with Gasteiger partial charge in [0.25, 0.3) is 0 Å². The van der Waals surface area contributed by atoms with E-state index in [4.69, 9.17) is 4.98 Å². The quantitative estimate of drug-likeness (QED) is 0.167. The molecule has 0 saturated heterocycles. The van der Waals surface area contributed by atoms with Crippen LogP contribution in [0.3, 0.4) is 0 Å². The number of phenolic OH excluding ortho intramolecular Hbond substituents is 1. The normalized spacial score (nSPS) is 11.0. The fourth-order valence-electron chi connectivity index (χ4n) is 5.22. The molecule has 6 aromatic rings. The number of hydrogen-bond donors (Lipinski definition) is 1. The van der Waals surface area contributed by atoms with Crippen LogP contribution in [-0.4, -0.2) is 15.1 Å². The van der Waals surface area contributed by atoms with Crippen LogP contribution in [0, 0.1) is 6.07 Å². The molecule has 0 atom stereocenters. The molecule has 0 aliphatic rings. The smallest absolute Gasteiger partial charge is 0.136 e. The molecule has 0 fully saturated rings. The molecule has 5 heteroatoms. The molecule has 0 saturated carbocycles. The van der Waals surface area contributed by atoms with E-state index >= 15 is 0 Å². The number of benzene rings is 4. The van der Waals surface area contributed by atoms with Crippen molar-refractivity contribution in [1.29, 1.82) is 0 Å². The molecule has 0 aliphatic carbocycles. The molecule has 6 rings (SSSR count). The van der Waals surface area contributed by atoms with Crippen LogP contribution in [0.1, 0.15) is 25.0 Å². The van der Waals surface area contributed by atoms with Crippen molar-refractivity contribution in [2.24, 2.45) is 0 Å². The maximum Gasteiger partial charge on any atom is 0.136 e. The van der Waals surface area contributed by atoms with Crippen molar-refractivity contribution in [2.75, 3.05) is 4.90 Å². The fourth-order valence-corrected chi connectivity index (χ4v) is 5.22. The predicted octanol–water partition coefficient (Wildman–Crippen LogP) is 9.11. The minimum atomic E-state index is -0.333. The molecule has 0 bridgehead atoms. The summed E-state index contributed by atoms with van der Waals surface area (Å²) in [5, 5.41) is 10.6. The number of hydrogen-bond acceptors (Lipinski definition) is 4. The molecule has 0 unspecified atom stereocenters. The Morgan fingerprint density at radius 1 is 0.667 bits per heavy atom. The number of para-hydroxylation sites is 2. The van der Waals surface area contributed by atoms with E-state index in [1.54, 1.807) is 12.3 Å². The van der Waals surface area contributed by atoms with Crippen molar-refractivity contribution in [1.82, 2.24) is 9.97 Å². The molecule has 210 valence electrons. The summed E-state index contributed by atoms with van der Waals surface area (Å²) in [6.45, 7) is 4.46. The average molecular weight is 728 g/mol. The fraction of sp³-hybridized carbons (Fsp3) is 0.0811. The molecule has 0 amide bonds. The zero-order valence-corrected chi connectivity index (χ0v) is 25.7. The first-order valence-electron chi connectivity index (χ1n) is 13.7. The van der Waals surface area contributed by atoms with Gasteiger partial charge in [0, 0.05) is 38.5 Å². The van der Waals surface area contributed by atoms with Gasteiger partial charge in [0.05, 0.1) is 5.69 Å². The number of aromatic nitrogens is 2. The van der Waals surface area contributed by atoms with Crippen molar-refractivity contribution < 1.29 is 26.2 Å². The Balaban J connectivity index is 0.00000353. The summed E-state index contributed by atoms with van der Waals surface area (Å²) in [7, 11) is 0. The zero-order valence-electron chi connectivity index (χ0n) is 23.4. The van der Waals surface area contributed by atoms with Crippen molar-refractivity contribution in [3.05, 3.63) is 157 Å². The third-order valence-electron chi connectivity index (χ3n) is 7.42. The number of phenols is 1. The van der Waals surface area contributed by atoms with Gasteiger partial charge in [-0.15, -0.1) is 29.3 Å². The Morgan fingerprint density at radius 2 is 1.33 bits per heavy atom. The van der Waals surface area contributed by atoms with E-state index in [2.05, 4.69) is 78.3 Å². The molecule has 2 aromatic heterocycles. The molecule has 0 aliphatic heterocycles. The van der Waals surface area contributed by atoms with E-state index in [-0.39, 0.29) is 32.2 Å². The number of rotatable bonds is 7. The summed E-state index contributed by atoms with van der Waals surface area (Å²) in [5.41, 5.74) is 6.87. The summed E-state index contributed by atoms with van der Waals surface area (Å²) >= 11 is 0. The Labute approximate surface area is 261 Å². The predicted molar refractivity (Wildman–Crippen MR) is 167 cm³/mol. The molecule has 42 heavy (non-hydrogen) atoms. The molecule has 4 aromatic carbocycles. The van der Waals surface area contributed by atoms with Gasteiger partial charge >= 0.3 is 0 Å². The van der Waals surface area contributed by atoms with Crippen LogP contribution in [0.25, 0.3) is 22.5 Å². The van der Waals surface area contributed by atoms with Gasteiger partial charge in [0.15, 0.2) is 0 Å². The summed E-state index contributed by atoms with van der Waals surface area (Å²) in [5.74, 6) is 0.997. The standard InChI is InChI=1S/C37H30N3O.Pt/c1-37(2,27-14-5-3-6-15-27)32-24-23-29(40(28-16-7-4-8-17-28)36-22-11-12-25-38-36)26-31(32)34-20-13-19-33(39-34)30-18-9-10-21-35(30)41;/h3-25,41H,1-2H3;/q-1;. The average Bonchev–Trinajstić information content (AvgIpc) is 3.03. The molecular weight excluding hydrogens is 698 g/mol. The summed E-state index contributed by atoms with van der Waals surface area (Å²) in [6.07, 6.45) is 1.80. The first-order valence-corrected chi connectivity index (χ1v) is 13.7. The maximum absolute atomic E-state index is 10.6. The zero-order chi connectivity index (χ0) is 28.2. The van der Waals surface area contributed by atoms with Gasteiger partial charge in [-0.1, -0.05) is 92.7 Å². The second-order valence-electron chi connectivity index (χ2n) is 10.4. The van der Waals surface area contributed by atoms with Crippen LogP contribution in [-0.2, 0) is 26.5 Å². The summed E-state index contributed by atoms with van der Waals surface area (Å²) in [6, 6.07) is 47.9. The largest absolute Gasteiger partial charge is 0.507 e. The van der Waals surface area contributed by atoms with Gasteiger partial charge in [0.2, 0.25) is 0 Å². The molecular formula is C37H30N3OPt-. The van der Waals surface area contributed by atoms with E-state index in [0.29, 0.717) is 11.3 Å². The van der Waals surface area contributed by atoms with Gasteiger partial charge in [-0.3, -0.25) is 4.98 Å². The second kappa shape index (κ2) is 12.5. The molecule has 0 radical (unpaired) electrons. The third-order valence-corrected chi connectivity index (χ3v) is 7.42. The van der Waals surface area contributed by atoms with Gasteiger partial charge in [-0.25, -0.2) is 4.98 Å². The van der Waals surface area contributed by atoms with Crippen LogP contribution in [0.5, 0.6) is 5.75 Å². The number of aromatic hydroxyl groups is 1. The van der Waals surface area contributed by atoms with Crippen LogP contribution < -0.4 is 4.90 Å².